The molecule has 3 heterocycles. The van der Waals surface area contributed by atoms with E-state index in [-0.39, 0.29) is 11.7 Å². The second-order valence-electron chi connectivity index (χ2n) is 5.43. The molecule has 0 amide bonds. The van der Waals surface area contributed by atoms with Gasteiger partial charge in [-0.25, -0.2) is 8.78 Å². The number of benzene rings is 1. The van der Waals surface area contributed by atoms with E-state index < -0.39 is 22.2 Å². The van der Waals surface area contributed by atoms with Gasteiger partial charge in [-0.1, -0.05) is 0 Å². The average Bonchev–Trinajstić information content (AvgIpc) is 2.44. The van der Waals surface area contributed by atoms with Crippen LogP contribution >= 0.6 is 0 Å². The molecule has 0 aromatic heterocycles. The summed E-state index contributed by atoms with van der Waals surface area (Å²) >= 11 is 0. The van der Waals surface area contributed by atoms with Gasteiger partial charge in [0, 0.05) is 12.6 Å². The lowest BCUT2D eigenvalue weighted by molar-refractivity contribution is -0.385. The van der Waals surface area contributed by atoms with Gasteiger partial charge in [0.2, 0.25) is 0 Å². The van der Waals surface area contributed by atoms with Crippen LogP contribution in [0.1, 0.15) is 12.8 Å². The number of rotatable bonds is 3. The minimum atomic E-state index is -0.909. The van der Waals surface area contributed by atoms with Crippen LogP contribution in [0.2, 0.25) is 0 Å². The van der Waals surface area contributed by atoms with Gasteiger partial charge in [0.15, 0.2) is 11.6 Å². The highest BCUT2D eigenvalue weighted by Crippen LogP contribution is 2.32. The van der Waals surface area contributed by atoms with Crippen molar-refractivity contribution in [1.29, 1.82) is 0 Å². The second-order valence-corrected chi connectivity index (χ2v) is 5.43. The Bertz CT molecular complexity index is 521. The van der Waals surface area contributed by atoms with Crippen LogP contribution in [0.4, 0.5) is 20.2 Å². The summed E-state index contributed by atoms with van der Waals surface area (Å²) in [5, 5.41) is 13.5. The Morgan fingerprint density at radius 3 is 2.30 bits per heavy atom. The van der Waals surface area contributed by atoms with Crippen molar-refractivity contribution >= 4 is 11.4 Å². The Morgan fingerprint density at radius 1 is 1.25 bits per heavy atom. The van der Waals surface area contributed by atoms with E-state index in [4.69, 9.17) is 0 Å². The lowest BCUT2D eigenvalue weighted by atomic mass is 9.84. The van der Waals surface area contributed by atoms with Crippen LogP contribution in [0, 0.1) is 27.7 Å². The zero-order valence-corrected chi connectivity index (χ0v) is 10.8. The number of hydrogen-bond donors (Lipinski definition) is 1. The van der Waals surface area contributed by atoms with Crippen LogP contribution in [-0.4, -0.2) is 35.5 Å². The summed E-state index contributed by atoms with van der Waals surface area (Å²) in [6.07, 6.45) is 2.04. The second kappa shape index (κ2) is 4.97. The fourth-order valence-electron chi connectivity index (χ4n) is 3.12. The number of nitrogens with zero attached hydrogens (tertiary/aromatic N) is 2. The SMILES string of the molecule is O=[N+]([O-])c1cc(F)c(NC2CN3CCC2CC3)c(F)c1. The number of fused-ring (bicyclic) bond motifs is 3. The van der Waals surface area contributed by atoms with Gasteiger partial charge in [-0.05, 0) is 31.8 Å². The third-order valence-electron chi connectivity index (χ3n) is 4.22. The maximum atomic E-state index is 13.8. The molecule has 3 fully saturated rings. The Labute approximate surface area is 114 Å². The van der Waals surface area contributed by atoms with Crippen LogP contribution in [0.5, 0.6) is 0 Å². The van der Waals surface area contributed by atoms with Crippen molar-refractivity contribution < 1.29 is 13.7 Å². The standard InChI is InChI=1S/C13H15F2N3O2/c14-10-5-9(18(19)20)6-11(15)13(10)16-12-7-17-3-1-8(12)2-4-17/h5-6,8,12,16H,1-4,7H2. The summed E-state index contributed by atoms with van der Waals surface area (Å²) in [6, 6.07) is 1.52. The summed E-state index contributed by atoms with van der Waals surface area (Å²) in [5.41, 5.74) is -0.825. The predicted octanol–water partition coefficient (Wildman–Crippen LogP) is 2.38. The Hall–Kier alpha value is -1.76. The topological polar surface area (TPSA) is 58.4 Å². The largest absolute Gasteiger partial charge is 0.376 e. The number of halogens is 2. The van der Waals surface area contributed by atoms with Gasteiger partial charge in [0.25, 0.3) is 5.69 Å². The Morgan fingerprint density at radius 2 is 1.85 bits per heavy atom. The molecule has 0 aliphatic carbocycles. The average molecular weight is 283 g/mol. The first kappa shape index (κ1) is 13.2. The van der Waals surface area contributed by atoms with Gasteiger partial charge in [0.05, 0.1) is 17.1 Å². The summed E-state index contributed by atoms with van der Waals surface area (Å²) in [6.45, 7) is 2.84. The number of nitrogens with one attached hydrogen (secondary N) is 1. The van der Waals surface area contributed by atoms with Crippen LogP contribution in [-0.2, 0) is 0 Å². The highest BCUT2D eigenvalue weighted by Gasteiger charge is 2.35. The number of anilines is 1. The highest BCUT2D eigenvalue weighted by molar-refractivity contribution is 5.52. The minimum absolute atomic E-state index is 0.00274. The molecular weight excluding hydrogens is 268 g/mol. The third kappa shape index (κ3) is 2.33. The molecule has 3 saturated heterocycles. The lowest BCUT2D eigenvalue weighted by Gasteiger charge is -2.45. The molecule has 0 spiro atoms. The van der Waals surface area contributed by atoms with E-state index >= 15 is 0 Å². The van der Waals surface area contributed by atoms with Crippen LogP contribution < -0.4 is 5.32 Å². The molecule has 1 aromatic rings. The molecule has 0 saturated carbocycles. The third-order valence-corrected chi connectivity index (χ3v) is 4.22. The molecule has 4 rings (SSSR count). The van der Waals surface area contributed by atoms with Crippen LogP contribution in [0.25, 0.3) is 0 Å². The van der Waals surface area contributed by atoms with E-state index in [1.54, 1.807) is 0 Å². The number of nitro groups is 1. The van der Waals surface area contributed by atoms with Crippen LogP contribution in [0.15, 0.2) is 12.1 Å². The van der Waals surface area contributed by atoms with Crippen molar-refractivity contribution in [3.05, 3.63) is 33.9 Å². The first-order chi connectivity index (χ1) is 9.54. The maximum Gasteiger partial charge on any atom is 0.275 e. The monoisotopic (exact) mass is 283 g/mol. The molecule has 1 N–H and O–H groups in total. The predicted molar refractivity (Wildman–Crippen MR) is 69.6 cm³/mol. The summed E-state index contributed by atoms with van der Waals surface area (Å²) in [4.78, 5) is 12.0. The minimum Gasteiger partial charge on any atom is -0.376 e. The molecule has 1 unspecified atom stereocenters. The summed E-state index contributed by atoms with van der Waals surface area (Å²) < 4.78 is 27.7. The van der Waals surface area contributed by atoms with Gasteiger partial charge in [-0.3, -0.25) is 10.1 Å². The van der Waals surface area contributed by atoms with E-state index in [2.05, 4.69) is 10.2 Å². The van der Waals surface area contributed by atoms with Crippen molar-refractivity contribution in [2.75, 3.05) is 25.0 Å². The van der Waals surface area contributed by atoms with Crippen molar-refractivity contribution in [1.82, 2.24) is 4.90 Å². The van der Waals surface area contributed by atoms with Gasteiger partial charge in [-0.2, -0.15) is 0 Å². The van der Waals surface area contributed by atoms with Crippen molar-refractivity contribution in [2.45, 2.75) is 18.9 Å². The molecule has 5 nitrogen and oxygen atoms in total. The first-order valence-electron chi connectivity index (χ1n) is 6.67. The molecular formula is C13H15F2N3O2. The molecule has 0 radical (unpaired) electrons. The normalized spacial score (nSPS) is 28.4. The number of piperidine rings is 3. The molecule has 2 bridgehead atoms. The van der Waals surface area contributed by atoms with Crippen molar-refractivity contribution in [3.8, 4) is 0 Å². The number of non-ortho nitro benzene ring substituents is 1. The van der Waals surface area contributed by atoms with E-state index in [0.29, 0.717) is 5.92 Å². The smallest absolute Gasteiger partial charge is 0.275 e. The van der Waals surface area contributed by atoms with Gasteiger partial charge in [0.1, 0.15) is 5.69 Å². The van der Waals surface area contributed by atoms with E-state index in [1.807, 2.05) is 0 Å². The molecule has 1 atom stereocenters. The van der Waals surface area contributed by atoms with Crippen molar-refractivity contribution in [2.24, 2.45) is 5.92 Å². The fourth-order valence-corrected chi connectivity index (χ4v) is 3.12. The van der Waals surface area contributed by atoms with E-state index in [9.17, 15) is 18.9 Å². The molecule has 108 valence electrons. The molecule has 20 heavy (non-hydrogen) atoms. The fraction of sp³-hybridized carbons (Fsp3) is 0.538. The first-order valence-corrected chi connectivity index (χ1v) is 6.67. The van der Waals surface area contributed by atoms with E-state index in [0.717, 1.165) is 44.6 Å². The molecule has 7 heteroatoms. The quantitative estimate of drug-likeness (QED) is 0.683. The number of nitro benzene ring substituents is 1. The highest BCUT2D eigenvalue weighted by atomic mass is 19.1. The summed E-state index contributed by atoms with van der Waals surface area (Å²) in [5.74, 6) is -1.41. The molecule has 3 aliphatic heterocycles. The zero-order chi connectivity index (χ0) is 14.3. The molecule has 1 aromatic carbocycles. The van der Waals surface area contributed by atoms with E-state index in [1.165, 1.54) is 0 Å². The van der Waals surface area contributed by atoms with Gasteiger partial charge in [-0.15, -0.1) is 0 Å². The number of hydrogen-bond acceptors (Lipinski definition) is 4. The zero-order valence-electron chi connectivity index (χ0n) is 10.8. The van der Waals surface area contributed by atoms with Gasteiger partial charge < -0.3 is 10.2 Å². The summed E-state index contributed by atoms with van der Waals surface area (Å²) in [7, 11) is 0. The van der Waals surface area contributed by atoms with Crippen molar-refractivity contribution in [3.63, 3.8) is 0 Å². The lowest BCUT2D eigenvalue weighted by Crippen LogP contribution is -2.53. The van der Waals surface area contributed by atoms with Gasteiger partial charge >= 0.3 is 0 Å². The maximum absolute atomic E-state index is 13.8. The Balaban J connectivity index is 1.82. The molecule has 3 aliphatic rings. The van der Waals surface area contributed by atoms with Crippen LogP contribution in [0.3, 0.4) is 0 Å². The Kier molecular flexibility index (Phi) is 3.29.